The number of anilines is 1. The van der Waals surface area contributed by atoms with Crippen molar-refractivity contribution in [2.24, 2.45) is 0 Å². The second-order valence-electron chi connectivity index (χ2n) is 7.14. The third-order valence-electron chi connectivity index (χ3n) is 4.36. The van der Waals surface area contributed by atoms with Gasteiger partial charge in [-0.25, -0.2) is 4.98 Å². The first-order chi connectivity index (χ1) is 13.7. The molecule has 0 atom stereocenters. The zero-order valence-electron chi connectivity index (χ0n) is 16.8. The van der Waals surface area contributed by atoms with Crippen molar-refractivity contribution in [3.63, 3.8) is 0 Å². The fraction of sp³-hybridized carbons (Fsp3) is 0.333. The van der Waals surface area contributed by atoms with Gasteiger partial charge in [-0.15, -0.1) is 0 Å². The fourth-order valence-corrected chi connectivity index (χ4v) is 4.44. The van der Waals surface area contributed by atoms with Gasteiger partial charge in [-0.1, -0.05) is 40.6 Å². The Bertz CT molecular complexity index is 1040. The lowest BCUT2D eigenvalue weighted by Crippen LogP contribution is -2.39. The van der Waals surface area contributed by atoms with Gasteiger partial charge in [-0.3, -0.25) is 9.69 Å². The summed E-state index contributed by atoms with van der Waals surface area (Å²) in [4.78, 5) is 21.5. The summed E-state index contributed by atoms with van der Waals surface area (Å²) in [6.45, 7) is 5.20. The molecule has 0 aliphatic carbocycles. The van der Waals surface area contributed by atoms with E-state index in [0.717, 1.165) is 21.3 Å². The number of aryl methyl sites for hydroxylation is 2. The Balaban J connectivity index is 1.84. The van der Waals surface area contributed by atoms with Gasteiger partial charge in [0.2, 0.25) is 0 Å². The van der Waals surface area contributed by atoms with Crippen LogP contribution in [-0.2, 0) is 4.79 Å². The van der Waals surface area contributed by atoms with Crippen LogP contribution in [0.15, 0.2) is 30.3 Å². The second-order valence-corrected chi connectivity index (χ2v) is 8.96. The van der Waals surface area contributed by atoms with Crippen LogP contribution in [0.3, 0.4) is 0 Å². The van der Waals surface area contributed by atoms with Gasteiger partial charge in [0.1, 0.15) is 5.75 Å². The number of hydrogen-bond donors (Lipinski definition) is 0. The molecule has 0 aliphatic heterocycles. The van der Waals surface area contributed by atoms with Crippen LogP contribution in [0, 0.1) is 13.8 Å². The number of nitrogens with zero attached hydrogens (tertiary/aromatic N) is 3. The number of rotatable bonds is 7. The molecular formula is C21H23Cl2N3O2S. The highest BCUT2D eigenvalue weighted by Crippen LogP contribution is 2.32. The van der Waals surface area contributed by atoms with Crippen molar-refractivity contribution in [2.45, 2.75) is 13.8 Å². The van der Waals surface area contributed by atoms with Crippen LogP contribution in [-0.4, -0.2) is 49.6 Å². The summed E-state index contributed by atoms with van der Waals surface area (Å²) in [5, 5.41) is 1.56. The number of benzene rings is 2. The molecule has 3 aromatic rings. The summed E-state index contributed by atoms with van der Waals surface area (Å²) >= 11 is 13.6. The Morgan fingerprint density at radius 3 is 2.59 bits per heavy atom. The van der Waals surface area contributed by atoms with E-state index in [1.807, 2.05) is 32.0 Å². The van der Waals surface area contributed by atoms with Crippen LogP contribution in [0.2, 0.25) is 10.0 Å². The van der Waals surface area contributed by atoms with Gasteiger partial charge in [0.05, 0.1) is 15.2 Å². The average Bonchev–Trinajstić information content (AvgIpc) is 3.04. The summed E-state index contributed by atoms with van der Waals surface area (Å²) in [7, 11) is 3.94. The zero-order chi connectivity index (χ0) is 21.1. The molecule has 0 radical (unpaired) electrons. The van der Waals surface area contributed by atoms with Crippen LogP contribution >= 0.6 is 34.5 Å². The number of likely N-dealkylation sites (N-methyl/N-ethyl adjacent to an activating group) is 1. The smallest absolute Gasteiger partial charge is 0.266 e. The number of halogens is 2. The molecule has 1 heterocycles. The predicted molar refractivity (Wildman–Crippen MR) is 122 cm³/mol. The van der Waals surface area contributed by atoms with Gasteiger partial charge < -0.3 is 9.64 Å². The Morgan fingerprint density at radius 1 is 1.14 bits per heavy atom. The lowest BCUT2D eigenvalue weighted by molar-refractivity contribution is -0.120. The van der Waals surface area contributed by atoms with Crippen molar-refractivity contribution >= 4 is 55.8 Å². The number of hydrogen-bond acceptors (Lipinski definition) is 5. The number of thiazole rings is 1. The van der Waals surface area contributed by atoms with Crippen LogP contribution in [0.1, 0.15) is 11.1 Å². The van der Waals surface area contributed by atoms with E-state index in [1.165, 1.54) is 11.3 Å². The minimum atomic E-state index is -0.175. The molecule has 0 aliphatic rings. The molecule has 0 unspecified atom stereocenters. The molecule has 0 fully saturated rings. The summed E-state index contributed by atoms with van der Waals surface area (Å²) in [5.74, 6) is 0.249. The summed E-state index contributed by atoms with van der Waals surface area (Å²) < 4.78 is 6.75. The van der Waals surface area contributed by atoms with Gasteiger partial charge in [-0.05, 0) is 63.3 Å². The largest absolute Gasteiger partial charge is 0.482 e. The first-order valence-corrected chi connectivity index (χ1v) is 10.7. The van der Waals surface area contributed by atoms with Crippen LogP contribution in [0.5, 0.6) is 5.75 Å². The molecule has 5 nitrogen and oxygen atoms in total. The number of aromatic nitrogens is 1. The molecule has 29 heavy (non-hydrogen) atoms. The highest BCUT2D eigenvalue weighted by Gasteiger charge is 2.21. The van der Waals surface area contributed by atoms with Gasteiger partial charge in [-0.2, -0.15) is 0 Å². The molecule has 1 amide bonds. The standard InChI is InChI=1S/C21H23Cl2N3O2S/c1-13-9-14(2)20-17(10-13)24-21(29-20)26(8-7-25(3)4)19(27)12-28-18-6-5-15(22)11-16(18)23/h5-6,9-11H,7-8,12H2,1-4H3. The van der Waals surface area contributed by atoms with Gasteiger partial charge in [0.25, 0.3) is 5.91 Å². The molecule has 0 bridgehead atoms. The number of amides is 1. The Morgan fingerprint density at radius 2 is 1.90 bits per heavy atom. The maximum absolute atomic E-state index is 13.0. The minimum Gasteiger partial charge on any atom is -0.482 e. The van der Waals surface area contributed by atoms with Crippen molar-refractivity contribution in [3.05, 3.63) is 51.5 Å². The zero-order valence-corrected chi connectivity index (χ0v) is 19.2. The SMILES string of the molecule is Cc1cc(C)c2sc(N(CCN(C)C)C(=O)COc3ccc(Cl)cc3Cl)nc2c1. The van der Waals surface area contributed by atoms with E-state index < -0.39 is 0 Å². The Hall–Kier alpha value is -1.86. The van der Waals surface area contributed by atoms with E-state index in [1.54, 1.807) is 23.1 Å². The highest BCUT2D eigenvalue weighted by molar-refractivity contribution is 7.22. The van der Waals surface area contributed by atoms with Gasteiger partial charge in [0.15, 0.2) is 11.7 Å². The molecule has 154 valence electrons. The average molecular weight is 452 g/mol. The highest BCUT2D eigenvalue weighted by atomic mass is 35.5. The number of carbonyl (C=O) groups is 1. The Labute approximate surface area is 184 Å². The molecule has 1 aromatic heterocycles. The van der Waals surface area contributed by atoms with Crippen molar-refractivity contribution in [3.8, 4) is 5.75 Å². The Kier molecular flexibility index (Phi) is 7.01. The lowest BCUT2D eigenvalue weighted by atomic mass is 10.1. The first kappa shape index (κ1) is 21.8. The van der Waals surface area contributed by atoms with E-state index in [2.05, 4.69) is 13.0 Å². The molecule has 0 spiro atoms. The van der Waals surface area contributed by atoms with Crippen molar-refractivity contribution in [1.29, 1.82) is 0 Å². The number of ether oxygens (including phenoxy) is 1. The third kappa shape index (κ3) is 5.39. The third-order valence-corrected chi connectivity index (χ3v) is 6.12. The summed E-state index contributed by atoms with van der Waals surface area (Å²) in [6, 6.07) is 9.09. The molecule has 0 N–H and O–H groups in total. The van der Waals surface area contributed by atoms with Crippen LogP contribution < -0.4 is 9.64 Å². The van der Waals surface area contributed by atoms with Gasteiger partial charge >= 0.3 is 0 Å². The maximum atomic E-state index is 13.0. The second kappa shape index (κ2) is 9.30. The van der Waals surface area contributed by atoms with Crippen LogP contribution in [0.4, 0.5) is 5.13 Å². The molecule has 0 saturated carbocycles. The maximum Gasteiger partial charge on any atom is 0.266 e. The molecular weight excluding hydrogens is 429 g/mol. The van der Waals surface area contributed by atoms with Crippen molar-refractivity contribution in [2.75, 3.05) is 38.7 Å². The predicted octanol–water partition coefficient (Wildman–Crippen LogP) is 5.19. The van der Waals surface area contributed by atoms with Crippen molar-refractivity contribution < 1.29 is 9.53 Å². The topological polar surface area (TPSA) is 45.7 Å². The summed E-state index contributed by atoms with van der Waals surface area (Å²) in [6.07, 6.45) is 0. The number of fused-ring (bicyclic) bond motifs is 1. The fourth-order valence-electron chi connectivity index (χ4n) is 2.92. The molecule has 8 heteroatoms. The number of carbonyl (C=O) groups excluding carboxylic acids is 1. The van der Waals surface area contributed by atoms with Crippen molar-refractivity contribution in [1.82, 2.24) is 9.88 Å². The first-order valence-electron chi connectivity index (χ1n) is 9.15. The normalized spacial score (nSPS) is 11.3. The van der Waals surface area contributed by atoms with E-state index in [9.17, 15) is 4.79 Å². The van der Waals surface area contributed by atoms with E-state index in [0.29, 0.717) is 34.0 Å². The molecule has 3 rings (SSSR count). The summed E-state index contributed by atoms with van der Waals surface area (Å²) in [5.41, 5.74) is 3.22. The minimum absolute atomic E-state index is 0.136. The van der Waals surface area contributed by atoms with E-state index in [-0.39, 0.29) is 12.5 Å². The molecule has 0 saturated heterocycles. The monoisotopic (exact) mass is 451 g/mol. The van der Waals surface area contributed by atoms with E-state index >= 15 is 0 Å². The van der Waals surface area contributed by atoms with Gasteiger partial charge in [0, 0.05) is 18.1 Å². The quantitative estimate of drug-likeness (QED) is 0.495. The van der Waals surface area contributed by atoms with E-state index in [4.69, 9.17) is 32.9 Å². The van der Waals surface area contributed by atoms with Crippen LogP contribution in [0.25, 0.3) is 10.2 Å². The lowest BCUT2D eigenvalue weighted by Gasteiger charge is -2.22. The molecule has 2 aromatic carbocycles.